The van der Waals surface area contributed by atoms with E-state index in [2.05, 4.69) is 0 Å². The monoisotopic (exact) mass is 207 g/mol. The third kappa shape index (κ3) is 189. The van der Waals surface area contributed by atoms with Gasteiger partial charge in [-0.05, 0) is 0 Å². The third-order valence-corrected chi connectivity index (χ3v) is 0. The summed E-state index contributed by atoms with van der Waals surface area (Å²) >= 11 is 0. The number of nitrogens with zero attached hydrogens (tertiary/aromatic N) is 2. The number of rotatable bonds is 0. The van der Waals surface area contributed by atoms with Gasteiger partial charge in [-0.25, -0.2) is 0 Å². The van der Waals surface area contributed by atoms with E-state index in [0.717, 1.165) is 0 Å². The minimum atomic E-state index is -1.50. The summed E-state index contributed by atoms with van der Waals surface area (Å²) in [5, 5.41) is 27.3. The zero-order valence-corrected chi connectivity index (χ0v) is 5.17. The van der Waals surface area contributed by atoms with E-state index in [1.165, 1.54) is 0 Å². The van der Waals surface area contributed by atoms with Gasteiger partial charge in [-0.1, -0.05) is 0 Å². The summed E-state index contributed by atoms with van der Waals surface area (Å²) in [5.74, 6) is 0. The molecule has 0 spiro atoms. The number of hydrogen-bond acceptors (Lipinski definition) is 4. The molecule has 10 heavy (non-hydrogen) atoms. The Morgan fingerprint density at radius 1 is 1.00 bits per heavy atom. The second kappa shape index (κ2) is 15.7. The fraction of sp³-hybridized carbons (Fsp3) is 0. The maximum absolute atomic E-state index is 8.36. The van der Waals surface area contributed by atoms with E-state index in [4.69, 9.17) is 30.6 Å². The molecule has 0 saturated carbocycles. The van der Waals surface area contributed by atoms with Crippen molar-refractivity contribution < 1.29 is 43.1 Å². The summed E-state index contributed by atoms with van der Waals surface area (Å²) < 4.78 is 0. The van der Waals surface area contributed by atoms with Crippen molar-refractivity contribution in [3.63, 3.8) is 0 Å². The van der Waals surface area contributed by atoms with Crippen molar-refractivity contribution in [2.45, 2.75) is 0 Å². The zero-order valence-electron chi connectivity index (χ0n) is 4.22. The van der Waals surface area contributed by atoms with Crippen LogP contribution in [0.15, 0.2) is 0 Å². The molecule has 0 aliphatic heterocycles. The Balaban J connectivity index is -0.0000000300. The minimum absolute atomic E-state index is 0. The smallest absolute Gasteiger partial charge is 0.412 e. The summed E-state index contributed by atoms with van der Waals surface area (Å²) in [7, 11) is 0. The molecule has 10 heteroatoms. The molecule has 0 aromatic carbocycles. The summed E-state index contributed by atoms with van der Waals surface area (Å²) in [6.07, 6.45) is 0. The van der Waals surface area contributed by atoms with Crippen LogP contribution in [0.5, 0.6) is 0 Å². The van der Waals surface area contributed by atoms with Gasteiger partial charge in [0.05, 0.1) is 0 Å². The van der Waals surface area contributed by atoms with Crippen molar-refractivity contribution in [2.75, 3.05) is 0 Å². The number of hydrogen-bond donors (Lipinski definition) is 2. The Kier molecular flexibility index (Phi) is 36.3. The van der Waals surface area contributed by atoms with Crippen LogP contribution in [-0.2, 0) is 17.1 Å². The van der Waals surface area contributed by atoms with Crippen molar-refractivity contribution >= 4 is 0 Å². The van der Waals surface area contributed by atoms with E-state index in [-0.39, 0.29) is 22.5 Å². The average Bonchev–Trinajstić information content (AvgIpc) is 1.25. The molecule has 9 nitrogen and oxygen atoms in total. The molecule has 0 bridgehead atoms. The van der Waals surface area contributed by atoms with Gasteiger partial charge in [-0.2, -0.15) is 0 Å². The van der Waals surface area contributed by atoms with Crippen LogP contribution in [0.3, 0.4) is 0 Å². The molecule has 0 unspecified atom stereocenters. The second-order valence-corrected chi connectivity index (χ2v) is 0.476. The van der Waals surface area contributed by atoms with Gasteiger partial charge in [0.25, 0.3) is 10.2 Å². The van der Waals surface area contributed by atoms with Crippen molar-refractivity contribution in [2.24, 2.45) is 0 Å². The molecular formula is H4CuN2O7+2. The van der Waals surface area contributed by atoms with Gasteiger partial charge in [0.15, 0.2) is 0 Å². The predicted molar refractivity (Wildman–Crippen MR) is 21.2 cm³/mol. The Hall–Kier alpha value is -1.12. The van der Waals surface area contributed by atoms with E-state index in [1.54, 1.807) is 0 Å². The minimum Gasteiger partial charge on any atom is -0.412 e. The molecule has 0 rings (SSSR count). The molecular weight excluding hydrogens is 204 g/mol. The molecule has 65 valence electrons. The van der Waals surface area contributed by atoms with E-state index in [1.807, 2.05) is 0 Å². The van der Waals surface area contributed by atoms with Crippen molar-refractivity contribution in [1.82, 2.24) is 0 Å². The summed E-state index contributed by atoms with van der Waals surface area (Å²) in [6, 6.07) is 0. The third-order valence-electron chi connectivity index (χ3n) is 0. The molecule has 0 aromatic heterocycles. The van der Waals surface area contributed by atoms with E-state index < -0.39 is 10.2 Å². The van der Waals surface area contributed by atoms with Crippen LogP contribution >= 0.6 is 0 Å². The largest absolute Gasteiger partial charge is 2.00 e. The summed E-state index contributed by atoms with van der Waals surface area (Å²) in [5.41, 5.74) is 0. The molecule has 0 aromatic rings. The molecule has 0 saturated heterocycles. The quantitative estimate of drug-likeness (QED) is 0.279. The Morgan fingerprint density at radius 2 is 1.00 bits per heavy atom. The van der Waals surface area contributed by atoms with Crippen molar-refractivity contribution in [3.05, 3.63) is 20.2 Å². The zero-order chi connectivity index (χ0) is 7.15. The fourth-order valence-corrected chi connectivity index (χ4v) is 0. The van der Waals surface area contributed by atoms with Gasteiger partial charge in [0.2, 0.25) is 0 Å². The molecule has 0 amide bonds. The van der Waals surface area contributed by atoms with Crippen LogP contribution in [0.1, 0.15) is 0 Å². The van der Waals surface area contributed by atoms with Crippen LogP contribution in [0, 0.1) is 20.2 Å². The van der Waals surface area contributed by atoms with E-state index >= 15 is 0 Å². The molecule has 1 radical (unpaired) electrons. The maximum Gasteiger partial charge on any atom is 2.00 e. The Morgan fingerprint density at radius 3 is 1.00 bits per heavy atom. The predicted octanol–water partition coefficient (Wildman–Crippen LogP) is -1.52. The standard InChI is InChI=1S/Cu.2HNO3.H2O/c;2*2-1(3)4;/h;2*(H,2,3,4);1H2/q+2;;;. The molecule has 0 heterocycles. The van der Waals surface area contributed by atoms with Crippen LogP contribution < -0.4 is 0 Å². The molecule has 0 atom stereocenters. The van der Waals surface area contributed by atoms with Crippen LogP contribution in [0.25, 0.3) is 0 Å². The van der Waals surface area contributed by atoms with Gasteiger partial charge in [0, 0.05) is 0 Å². The first kappa shape index (κ1) is 23.2. The first-order valence-corrected chi connectivity index (χ1v) is 1.13. The van der Waals surface area contributed by atoms with E-state index in [0.29, 0.717) is 0 Å². The first-order chi connectivity index (χ1) is 3.46. The second-order valence-electron chi connectivity index (χ2n) is 0.476. The Bertz CT molecular complexity index is 69.6. The van der Waals surface area contributed by atoms with Gasteiger partial charge in [-0.3, -0.25) is 0 Å². The SMILES string of the molecule is O.O=[N+]([O-])O.O=[N+]([O-])O.[Cu+2]. The molecule has 0 fully saturated rings. The average molecular weight is 208 g/mol. The van der Waals surface area contributed by atoms with Crippen LogP contribution in [-0.4, -0.2) is 26.1 Å². The molecule has 0 aliphatic rings. The van der Waals surface area contributed by atoms with Crippen molar-refractivity contribution in [3.8, 4) is 0 Å². The topological polar surface area (TPSA) is 158 Å². The first-order valence-electron chi connectivity index (χ1n) is 1.13. The van der Waals surface area contributed by atoms with Crippen LogP contribution in [0.2, 0.25) is 0 Å². The normalized spacial score (nSPS) is 4.80. The van der Waals surface area contributed by atoms with E-state index in [9.17, 15) is 0 Å². The maximum atomic E-state index is 8.36. The van der Waals surface area contributed by atoms with Gasteiger partial charge >= 0.3 is 17.1 Å². The summed E-state index contributed by atoms with van der Waals surface area (Å²) in [4.78, 5) is 16.7. The van der Waals surface area contributed by atoms with Crippen molar-refractivity contribution in [1.29, 1.82) is 0 Å². The molecule has 0 aliphatic carbocycles. The van der Waals surface area contributed by atoms with Crippen LogP contribution in [0.4, 0.5) is 0 Å². The van der Waals surface area contributed by atoms with Gasteiger partial charge in [0.1, 0.15) is 0 Å². The van der Waals surface area contributed by atoms with Gasteiger partial charge in [-0.15, -0.1) is 20.2 Å². The summed E-state index contributed by atoms with van der Waals surface area (Å²) in [6.45, 7) is 0. The Labute approximate surface area is 64.3 Å². The van der Waals surface area contributed by atoms with Gasteiger partial charge < -0.3 is 15.9 Å². The fourth-order valence-electron chi connectivity index (χ4n) is 0. The molecule has 4 N–H and O–H groups in total.